The molecule has 4 nitrogen and oxygen atoms in total. The van der Waals surface area contributed by atoms with E-state index in [4.69, 9.17) is 4.74 Å². The van der Waals surface area contributed by atoms with Crippen molar-refractivity contribution >= 4 is 11.7 Å². The van der Waals surface area contributed by atoms with Crippen LogP contribution in [0.25, 0.3) is 0 Å². The van der Waals surface area contributed by atoms with Crippen molar-refractivity contribution < 1.29 is 14.3 Å². The average molecular weight is 353 g/mol. The highest BCUT2D eigenvalue weighted by molar-refractivity contribution is 5.94. The molecule has 0 aliphatic heterocycles. The van der Waals surface area contributed by atoms with E-state index in [0.29, 0.717) is 30.8 Å². The molecule has 1 amide bonds. The first-order valence-corrected chi connectivity index (χ1v) is 8.94. The molecule has 1 unspecified atom stereocenters. The molecule has 0 heterocycles. The van der Waals surface area contributed by atoms with Crippen LogP contribution in [0.4, 0.5) is 0 Å². The number of benzene rings is 2. The van der Waals surface area contributed by atoms with Crippen LogP contribution in [0, 0.1) is 6.92 Å². The fourth-order valence-electron chi connectivity index (χ4n) is 2.66. The zero-order chi connectivity index (χ0) is 19.1. The first kappa shape index (κ1) is 19.7. The van der Waals surface area contributed by atoms with Crippen molar-refractivity contribution in [2.75, 3.05) is 13.7 Å². The molecular weight excluding hydrogens is 326 g/mol. The van der Waals surface area contributed by atoms with Crippen molar-refractivity contribution in [1.29, 1.82) is 0 Å². The van der Waals surface area contributed by atoms with Crippen molar-refractivity contribution in [3.63, 3.8) is 0 Å². The second-order valence-corrected chi connectivity index (χ2v) is 6.62. The minimum Gasteiger partial charge on any atom is -0.494 e. The Morgan fingerprint density at radius 3 is 2.23 bits per heavy atom. The van der Waals surface area contributed by atoms with Gasteiger partial charge in [0, 0.05) is 19.0 Å². The van der Waals surface area contributed by atoms with Crippen LogP contribution < -0.4 is 4.74 Å². The Hall–Kier alpha value is -2.62. The predicted octanol–water partition coefficient (Wildman–Crippen LogP) is 4.58. The number of hydrogen-bond acceptors (Lipinski definition) is 3. The summed E-state index contributed by atoms with van der Waals surface area (Å²) in [6.07, 6.45) is 1.09. The molecule has 0 aliphatic rings. The van der Waals surface area contributed by atoms with Gasteiger partial charge in [0.15, 0.2) is 5.78 Å². The van der Waals surface area contributed by atoms with Crippen LogP contribution in [-0.4, -0.2) is 30.2 Å². The fraction of sp³-hybridized carbons (Fsp3) is 0.364. The number of nitrogens with zero attached hydrogens (tertiary/aromatic N) is 1. The summed E-state index contributed by atoms with van der Waals surface area (Å²) in [7, 11) is 1.84. The van der Waals surface area contributed by atoms with Gasteiger partial charge in [-0.15, -0.1) is 0 Å². The van der Waals surface area contributed by atoms with Crippen molar-refractivity contribution in [3.05, 3.63) is 65.2 Å². The lowest BCUT2D eigenvalue weighted by Gasteiger charge is -2.25. The van der Waals surface area contributed by atoms with Gasteiger partial charge in [-0.05, 0) is 57.0 Å². The molecule has 138 valence electrons. The third-order valence-corrected chi connectivity index (χ3v) is 4.60. The molecule has 4 heteroatoms. The third-order valence-electron chi connectivity index (χ3n) is 4.60. The molecule has 2 aromatic carbocycles. The van der Waals surface area contributed by atoms with E-state index in [9.17, 15) is 9.59 Å². The number of ether oxygens (including phenoxy) is 1. The predicted molar refractivity (Wildman–Crippen MR) is 104 cm³/mol. The number of Topliss-reactive ketones (excluding diaryl/α,β-unsaturated/α-hetero) is 1. The number of ketones is 1. The van der Waals surface area contributed by atoms with Crippen molar-refractivity contribution in [1.82, 2.24) is 4.90 Å². The summed E-state index contributed by atoms with van der Waals surface area (Å²) in [4.78, 5) is 25.4. The van der Waals surface area contributed by atoms with Gasteiger partial charge in [-0.25, -0.2) is 0 Å². The minimum absolute atomic E-state index is 0.0351. The molecule has 0 fully saturated rings. The molecule has 0 radical (unpaired) electrons. The standard InChI is InChI=1S/C22H27NO3/c1-16-7-9-19(10-8-16)17(2)23(4)22(25)6-5-15-26-21-13-11-20(12-14-21)18(3)24/h7-14,17H,5-6,15H2,1-4H3. The maximum absolute atomic E-state index is 12.4. The third kappa shape index (κ3) is 5.45. The lowest BCUT2D eigenvalue weighted by atomic mass is 10.1. The van der Waals surface area contributed by atoms with Crippen LogP contribution >= 0.6 is 0 Å². The summed E-state index contributed by atoms with van der Waals surface area (Å²) >= 11 is 0. The Kier molecular flexibility index (Phi) is 6.96. The van der Waals surface area contributed by atoms with Gasteiger partial charge in [-0.1, -0.05) is 29.8 Å². The molecule has 26 heavy (non-hydrogen) atoms. The quantitative estimate of drug-likeness (QED) is 0.516. The van der Waals surface area contributed by atoms with Crippen LogP contribution in [0.15, 0.2) is 48.5 Å². The molecule has 2 aromatic rings. The molecule has 0 spiro atoms. The highest BCUT2D eigenvalue weighted by Crippen LogP contribution is 2.20. The number of carbonyl (C=O) groups excluding carboxylic acids is 2. The number of carbonyl (C=O) groups is 2. The van der Waals surface area contributed by atoms with E-state index < -0.39 is 0 Å². The first-order chi connectivity index (χ1) is 12.4. The summed E-state index contributed by atoms with van der Waals surface area (Å²) in [6, 6.07) is 15.4. The second kappa shape index (κ2) is 9.18. The normalized spacial score (nSPS) is 11.7. The van der Waals surface area contributed by atoms with E-state index in [1.54, 1.807) is 29.2 Å². The maximum Gasteiger partial charge on any atom is 0.222 e. The molecule has 0 N–H and O–H groups in total. The van der Waals surface area contributed by atoms with E-state index in [1.807, 2.05) is 14.0 Å². The molecule has 1 atom stereocenters. The van der Waals surface area contributed by atoms with Gasteiger partial charge in [-0.2, -0.15) is 0 Å². The first-order valence-electron chi connectivity index (χ1n) is 8.94. The van der Waals surface area contributed by atoms with E-state index in [2.05, 4.69) is 31.2 Å². The zero-order valence-corrected chi connectivity index (χ0v) is 16.0. The Balaban J connectivity index is 1.77. The Morgan fingerprint density at radius 2 is 1.65 bits per heavy atom. The van der Waals surface area contributed by atoms with Crippen molar-refractivity contribution in [2.24, 2.45) is 0 Å². The number of hydrogen-bond donors (Lipinski definition) is 0. The van der Waals surface area contributed by atoms with Crippen LogP contribution in [-0.2, 0) is 4.79 Å². The average Bonchev–Trinajstić information content (AvgIpc) is 2.64. The summed E-state index contributed by atoms with van der Waals surface area (Å²) < 4.78 is 5.65. The van der Waals surface area contributed by atoms with E-state index in [1.165, 1.54) is 12.5 Å². The molecule has 0 saturated carbocycles. The monoisotopic (exact) mass is 353 g/mol. The van der Waals surface area contributed by atoms with Gasteiger partial charge < -0.3 is 9.64 Å². The van der Waals surface area contributed by atoms with E-state index in [0.717, 1.165) is 5.56 Å². The van der Waals surface area contributed by atoms with Gasteiger partial charge in [0.1, 0.15) is 5.75 Å². The summed E-state index contributed by atoms with van der Waals surface area (Å²) in [6.45, 7) is 6.10. The Labute approximate surface area is 155 Å². The Morgan fingerprint density at radius 1 is 1.04 bits per heavy atom. The van der Waals surface area contributed by atoms with Gasteiger partial charge in [0.25, 0.3) is 0 Å². The zero-order valence-electron chi connectivity index (χ0n) is 16.0. The van der Waals surface area contributed by atoms with Gasteiger partial charge >= 0.3 is 0 Å². The summed E-state index contributed by atoms with van der Waals surface area (Å²) in [5.41, 5.74) is 3.01. The maximum atomic E-state index is 12.4. The largest absolute Gasteiger partial charge is 0.494 e. The van der Waals surface area contributed by atoms with Crippen LogP contribution in [0.2, 0.25) is 0 Å². The molecule has 0 bridgehead atoms. The second-order valence-electron chi connectivity index (χ2n) is 6.62. The number of amides is 1. The van der Waals surface area contributed by atoms with Gasteiger partial charge in [0.2, 0.25) is 5.91 Å². The van der Waals surface area contributed by atoms with Gasteiger partial charge in [0.05, 0.1) is 12.6 Å². The van der Waals surface area contributed by atoms with E-state index in [-0.39, 0.29) is 17.7 Å². The van der Waals surface area contributed by atoms with E-state index >= 15 is 0 Å². The van der Waals surface area contributed by atoms with Crippen LogP contribution in [0.3, 0.4) is 0 Å². The van der Waals surface area contributed by atoms with Crippen LogP contribution in [0.1, 0.15) is 54.2 Å². The number of rotatable bonds is 8. The lowest BCUT2D eigenvalue weighted by molar-refractivity contribution is -0.132. The van der Waals surface area contributed by atoms with Crippen molar-refractivity contribution in [2.45, 2.75) is 39.7 Å². The topological polar surface area (TPSA) is 46.6 Å². The molecule has 0 aromatic heterocycles. The van der Waals surface area contributed by atoms with Crippen molar-refractivity contribution in [3.8, 4) is 5.75 Å². The number of aryl methyl sites for hydroxylation is 1. The molecule has 2 rings (SSSR count). The van der Waals surface area contributed by atoms with Gasteiger partial charge in [-0.3, -0.25) is 9.59 Å². The Bertz CT molecular complexity index is 735. The SMILES string of the molecule is CC(=O)c1ccc(OCCCC(=O)N(C)C(C)c2ccc(C)cc2)cc1. The molecule has 0 aliphatic carbocycles. The molecular formula is C22H27NO3. The minimum atomic E-state index is 0.0351. The smallest absolute Gasteiger partial charge is 0.222 e. The summed E-state index contributed by atoms with van der Waals surface area (Å²) in [5.74, 6) is 0.852. The molecule has 0 saturated heterocycles. The fourth-order valence-corrected chi connectivity index (χ4v) is 2.66. The lowest BCUT2D eigenvalue weighted by Crippen LogP contribution is -2.29. The summed E-state index contributed by atoms with van der Waals surface area (Å²) in [5, 5.41) is 0. The highest BCUT2D eigenvalue weighted by atomic mass is 16.5. The van der Waals surface area contributed by atoms with Crippen LogP contribution in [0.5, 0.6) is 5.75 Å². The highest BCUT2D eigenvalue weighted by Gasteiger charge is 2.16.